The molecule has 1 heterocycles. The van der Waals surface area contributed by atoms with E-state index in [1.807, 2.05) is 29.2 Å². The van der Waals surface area contributed by atoms with E-state index < -0.39 is 0 Å². The standard InChI is InChI=1S/C20H31N3O2/c1-4-6-16-7-5-13-23(14-12-16)20(25)21-18-10-8-17(9-11-18)15-19(24)22(2)3/h8-11,16H,4-7,12-15H2,1-3H3,(H,21,25)/t16-/m0/s1. The van der Waals surface area contributed by atoms with E-state index in [0.29, 0.717) is 6.42 Å². The maximum Gasteiger partial charge on any atom is 0.321 e. The summed E-state index contributed by atoms with van der Waals surface area (Å²) in [5.74, 6) is 0.833. The minimum Gasteiger partial charge on any atom is -0.349 e. The second kappa shape index (κ2) is 9.44. The molecule has 0 aliphatic carbocycles. The van der Waals surface area contributed by atoms with Gasteiger partial charge in [0.25, 0.3) is 0 Å². The zero-order chi connectivity index (χ0) is 18.2. The minimum atomic E-state index is -0.0192. The Morgan fingerprint density at radius 3 is 2.52 bits per heavy atom. The summed E-state index contributed by atoms with van der Waals surface area (Å²) in [7, 11) is 3.51. The topological polar surface area (TPSA) is 52.7 Å². The smallest absolute Gasteiger partial charge is 0.321 e. The number of hydrogen-bond acceptors (Lipinski definition) is 2. The van der Waals surface area contributed by atoms with E-state index in [4.69, 9.17) is 0 Å². The van der Waals surface area contributed by atoms with Crippen LogP contribution in [0.4, 0.5) is 10.5 Å². The molecule has 1 N–H and O–H groups in total. The molecular formula is C20H31N3O2. The fourth-order valence-corrected chi connectivity index (χ4v) is 3.31. The highest BCUT2D eigenvalue weighted by molar-refractivity contribution is 5.89. The Labute approximate surface area is 151 Å². The minimum absolute atomic E-state index is 0.0192. The van der Waals surface area contributed by atoms with Crippen molar-refractivity contribution in [3.63, 3.8) is 0 Å². The zero-order valence-corrected chi connectivity index (χ0v) is 15.8. The Morgan fingerprint density at radius 1 is 1.16 bits per heavy atom. The number of nitrogens with one attached hydrogen (secondary N) is 1. The third-order valence-corrected chi connectivity index (χ3v) is 4.89. The summed E-state index contributed by atoms with van der Waals surface area (Å²) in [5, 5.41) is 2.98. The molecule has 1 saturated heterocycles. The number of urea groups is 1. The highest BCUT2D eigenvalue weighted by atomic mass is 16.2. The van der Waals surface area contributed by atoms with Gasteiger partial charge in [-0.25, -0.2) is 4.79 Å². The van der Waals surface area contributed by atoms with Crippen LogP contribution in [-0.4, -0.2) is 48.9 Å². The number of carbonyl (C=O) groups excluding carboxylic acids is 2. The van der Waals surface area contributed by atoms with Crippen LogP contribution in [0, 0.1) is 5.92 Å². The van der Waals surface area contributed by atoms with Crippen LogP contribution in [-0.2, 0) is 11.2 Å². The van der Waals surface area contributed by atoms with Crippen LogP contribution in [0.2, 0.25) is 0 Å². The molecule has 2 rings (SSSR count). The van der Waals surface area contributed by atoms with Crippen molar-refractivity contribution >= 4 is 17.6 Å². The second-order valence-electron chi connectivity index (χ2n) is 7.16. The predicted octanol–water partition coefficient (Wildman–Crippen LogP) is 3.75. The van der Waals surface area contributed by atoms with Gasteiger partial charge < -0.3 is 15.1 Å². The fraction of sp³-hybridized carbons (Fsp3) is 0.600. The third kappa shape index (κ3) is 6.07. The Morgan fingerprint density at radius 2 is 1.88 bits per heavy atom. The molecule has 3 amide bonds. The number of amides is 3. The van der Waals surface area contributed by atoms with Gasteiger partial charge in [0.05, 0.1) is 6.42 Å². The Balaban J connectivity index is 1.86. The van der Waals surface area contributed by atoms with Gasteiger partial charge in [-0.3, -0.25) is 4.79 Å². The highest BCUT2D eigenvalue weighted by Crippen LogP contribution is 2.22. The highest BCUT2D eigenvalue weighted by Gasteiger charge is 2.20. The van der Waals surface area contributed by atoms with E-state index in [-0.39, 0.29) is 11.9 Å². The number of hydrogen-bond donors (Lipinski definition) is 1. The van der Waals surface area contributed by atoms with Crippen LogP contribution < -0.4 is 5.32 Å². The first-order valence-electron chi connectivity index (χ1n) is 9.34. The molecule has 1 aliphatic rings. The molecule has 1 atom stereocenters. The largest absolute Gasteiger partial charge is 0.349 e. The monoisotopic (exact) mass is 345 g/mol. The third-order valence-electron chi connectivity index (χ3n) is 4.89. The number of benzene rings is 1. The van der Waals surface area contributed by atoms with Crippen molar-refractivity contribution < 1.29 is 9.59 Å². The quantitative estimate of drug-likeness (QED) is 0.883. The molecule has 1 aliphatic heterocycles. The molecule has 0 unspecified atom stereocenters. The van der Waals surface area contributed by atoms with Crippen LogP contribution in [0.25, 0.3) is 0 Å². The van der Waals surface area contributed by atoms with E-state index in [2.05, 4.69) is 12.2 Å². The first-order chi connectivity index (χ1) is 12.0. The molecule has 0 spiro atoms. The summed E-state index contributed by atoms with van der Waals surface area (Å²) in [5.41, 5.74) is 1.73. The average Bonchev–Trinajstić information content (AvgIpc) is 2.82. The van der Waals surface area contributed by atoms with Gasteiger partial charge in [-0.15, -0.1) is 0 Å². The maximum atomic E-state index is 12.5. The van der Waals surface area contributed by atoms with Crippen LogP contribution in [0.3, 0.4) is 0 Å². The van der Waals surface area contributed by atoms with Crippen molar-refractivity contribution in [1.29, 1.82) is 0 Å². The van der Waals surface area contributed by atoms with Gasteiger partial charge in [0.15, 0.2) is 0 Å². The van der Waals surface area contributed by atoms with Crippen LogP contribution in [0.5, 0.6) is 0 Å². The summed E-state index contributed by atoms with van der Waals surface area (Å²) < 4.78 is 0. The molecule has 1 aromatic rings. The predicted molar refractivity (Wildman–Crippen MR) is 102 cm³/mol. The Kier molecular flexibility index (Phi) is 7.29. The summed E-state index contributed by atoms with van der Waals surface area (Å²) in [6.45, 7) is 3.90. The molecule has 138 valence electrons. The fourth-order valence-electron chi connectivity index (χ4n) is 3.31. The van der Waals surface area contributed by atoms with Crippen molar-refractivity contribution in [2.24, 2.45) is 5.92 Å². The van der Waals surface area contributed by atoms with Crippen molar-refractivity contribution in [2.45, 2.75) is 45.4 Å². The maximum absolute atomic E-state index is 12.5. The van der Waals surface area contributed by atoms with E-state index in [1.54, 1.807) is 19.0 Å². The van der Waals surface area contributed by atoms with Crippen molar-refractivity contribution in [1.82, 2.24) is 9.80 Å². The van der Waals surface area contributed by atoms with Crippen LogP contribution in [0.15, 0.2) is 24.3 Å². The lowest BCUT2D eigenvalue weighted by molar-refractivity contribution is -0.127. The van der Waals surface area contributed by atoms with E-state index >= 15 is 0 Å². The molecular weight excluding hydrogens is 314 g/mol. The van der Waals surface area contributed by atoms with E-state index in [1.165, 1.54) is 19.3 Å². The Hall–Kier alpha value is -2.04. The van der Waals surface area contributed by atoms with Crippen molar-refractivity contribution in [2.75, 3.05) is 32.5 Å². The van der Waals surface area contributed by atoms with Crippen LogP contribution >= 0.6 is 0 Å². The van der Waals surface area contributed by atoms with Gasteiger partial charge in [-0.05, 0) is 42.9 Å². The number of carbonyl (C=O) groups is 2. The molecule has 5 nitrogen and oxygen atoms in total. The van der Waals surface area contributed by atoms with Gasteiger partial charge >= 0.3 is 6.03 Å². The van der Waals surface area contributed by atoms with E-state index in [9.17, 15) is 9.59 Å². The molecule has 0 saturated carbocycles. The number of likely N-dealkylation sites (N-methyl/N-ethyl adjacent to an activating group) is 1. The summed E-state index contributed by atoms with van der Waals surface area (Å²) in [6, 6.07) is 7.52. The van der Waals surface area contributed by atoms with Gasteiger partial charge in [0, 0.05) is 32.9 Å². The van der Waals surface area contributed by atoms with Gasteiger partial charge in [0.1, 0.15) is 0 Å². The zero-order valence-electron chi connectivity index (χ0n) is 15.8. The van der Waals surface area contributed by atoms with Crippen molar-refractivity contribution in [3.05, 3.63) is 29.8 Å². The number of nitrogens with zero attached hydrogens (tertiary/aromatic N) is 2. The summed E-state index contributed by atoms with van der Waals surface area (Å²) in [6.07, 6.45) is 6.29. The lowest BCUT2D eigenvalue weighted by Crippen LogP contribution is -2.35. The first-order valence-corrected chi connectivity index (χ1v) is 9.34. The molecule has 5 heteroatoms. The van der Waals surface area contributed by atoms with E-state index in [0.717, 1.165) is 43.1 Å². The summed E-state index contributed by atoms with van der Waals surface area (Å²) >= 11 is 0. The molecule has 0 aromatic heterocycles. The second-order valence-corrected chi connectivity index (χ2v) is 7.16. The van der Waals surface area contributed by atoms with Gasteiger partial charge in [-0.1, -0.05) is 31.9 Å². The Bertz CT molecular complexity index is 569. The number of anilines is 1. The normalized spacial score (nSPS) is 17.7. The van der Waals surface area contributed by atoms with Gasteiger partial charge in [0.2, 0.25) is 5.91 Å². The molecule has 0 radical (unpaired) electrons. The SMILES string of the molecule is CCC[C@H]1CCCN(C(=O)Nc2ccc(CC(=O)N(C)C)cc2)CC1. The number of likely N-dealkylation sites (tertiary alicyclic amines) is 1. The van der Waals surface area contributed by atoms with Crippen LogP contribution in [0.1, 0.15) is 44.6 Å². The lowest BCUT2D eigenvalue weighted by Gasteiger charge is -2.21. The average molecular weight is 345 g/mol. The van der Waals surface area contributed by atoms with Gasteiger partial charge in [-0.2, -0.15) is 0 Å². The number of rotatable bonds is 5. The van der Waals surface area contributed by atoms with Crippen molar-refractivity contribution in [3.8, 4) is 0 Å². The molecule has 25 heavy (non-hydrogen) atoms. The first kappa shape index (κ1) is 19.3. The molecule has 1 fully saturated rings. The summed E-state index contributed by atoms with van der Waals surface area (Å²) in [4.78, 5) is 27.7. The lowest BCUT2D eigenvalue weighted by atomic mass is 9.96. The molecule has 0 bridgehead atoms. The molecule has 1 aromatic carbocycles.